The van der Waals surface area contributed by atoms with Crippen molar-refractivity contribution in [1.29, 1.82) is 0 Å². The number of aromatic hydroxyl groups is 1. The highest BCUT2D eigenvalue weighted by atomic mass is 16.7. The first kappa shape index (κ1) is 13.4. The molecule has 0 fully saturated rings. The summed E-state index contributed by atoms with van der Waals surface area (Å²) in [5.41, 5.74) is 9.48. The predicted octanol–water partition coefficient (Wildman–Crippen LogP) is 0.439. The van der Waals surface area contributed by atoms with Crippen LogP contribution in [0.1, 0.15) is 16.7 Å². The van der Waals surface area contributed by atoms with E-state index >= 15 is 0 Å². The first-order chi connectivity index (χ1) is 8.40. The smallest absolute Gasteiger partial charge is 0.286 e. The Bertz CT molecular complexity index is 524. The lowest BCUT2D eigenvalue weighted by atomic mass is 10.1. The van der Waals surface area contributed by atoms with Gasteiger partial charge in [0, 0.05) is 5.56 Å². The lowest BCUT2D eigenvalue weighted by Crippen LogP contribution is -2.28. The molecule has 18 heavy (non-hydrogen) atoms. The van der Waals surface area contributed by atoms with Crippen molar-refractivity contribution in [3.05, 3.63) is 38.9 Å². The molecule has 0 radical (unpaired) electrons. The van der Waals surface area contributed by atoms with Crippen LogP contribution in [0.2, 0.25) is 0 Å². The van der Waals surface area contributed by atoms with Gasteiger partial charge >= 0.3 is 0 Å². The van der Waals surface area contributed by atoms with E-state index in [2.05, 4.69) is 15.6 Å². The lowest BCUT2D eigenvalue weighted by Gasteiger charge is -2.04. The van der Waals surface area contributed by atoms with E-state index in [0.717, 1.165) is 5.56 Å². The number of nitrogens with zero attached hydrogens (tertiary/aromatic N) is 3. The molecule has 96 valence electrons. The summed E-state index contributed by atoms with van der Waals surface area (Å²) < 4.78 is 0. The number of hydrazone groups is 2. The molecule has 1 aromatic carbocycles. The maximum Gasteiger partial charge on any atom is 0.286 e. The average Bonchev–Trinajstić information content (AvgIpc) is 2.23. The van der Waals surface area contributed by atoms with Crippen LogP contribution in [0.4, 0.5) is 0 Å². The van der Waals surface area contributed by atoms with Crippen LogP contribution in [-0.2, 0) is 0 Å². The van der Waals surface area contributed by atoms with Crippen molar-refractivity contribution in [2.45, 2.75) is 13.8 Å². The van der Waals surface area contributed by atoms with E-state index in [-0.39, 0.29) is 5.75 Å². The van der Waals surface area contributed by atoms with Gasteiger partial charge in [0.25, 0.3) is 5.96 Å². The van der Waals surface area contributed by atoms with Gasteiger partial charge in [-0.1, -0.05) is 6.07 Å². The van der Waals surface area contributed by atoms with Crippen molar-refractivity contribution in [2.75, 3.05) is 0 Å². The number of nitrogens with two attached hydrogens (primary N) is 1. The SMILES string of the molecule is Cc1cc(C)c(O)c(/C=N/N/C(N)=N/[N+](=O)[O-])c1. The number of hydrogen-bond acceptors (Lipinski definition) is 4. The minimum atomic E-state index is -0.938. The van der Waals surface area contributed by atoms with Gasteiger partial charge in [0.15, 0.2) is 5.03 Å². The largest absolute Gasteiger partial charge is 0.507 e. The van der Waals surface area contributed by atoms with Gasteiger partial charge in [0.1, 0.15) is 10.9 Å². The summed E-state index contributed by atoms with van der Waals surface area (Å²) in [4.78, 5) is 9.99. The van der Waals surface area contributed by atoms with Crippen LogP contribution in [0.5, 0.6) is 5.75 Å². The lowest BCUT2D eigenvalue weighted by molar-refractivity contribution is -0.485. The topological polar surface area (TPSA) is 126 Å². The number of guanidine groups is 1. The molecular formula is C10H13N5O3. The highest BCUT2D eigenvalue weighted by Gasteiger charge is 2.03. The zero-order chi connectivity index (χ0) is 13.7. The summed E-state index contributed by atoms with van der Waals surface area (Å²) in [5.74, 6) is -0.351. The molecule has 8 heteroatoms. The zero-order valence-electron chi connectivity index (χ0n) is 9.91. The molecule has 1 rings (SSSR count). The molecule has 0 aliphatic carbocycles. The molecule has 0 unspecified atom stereocenters. The molecule has 0 saturated carbocycles. The van der Waals surface area contributed by atoms with Crippen molar-refractivity contribution in [1.82, 2.24) is 5.43 Å². The highest BCUT2D eigenvalue weighted by molar-refractivity contribution is 5.86. The monoisotopic (exact) mass is 251 g/mol. The Hall–Kier alpha value is -2.64. The summed E-state index contributed by atoms with van der Waals surface area (Å²) >= 11 is 0. The van der Waals surface area contributed by atoms with Crippen LogP contribution in [0.25, 0.3) is 0 Å². The molecule has 4 N–H and O–H groups in total. The number of phenolic OH excluding ortho intramolecular Hbond substituents is 1. The fourth-order valence-electron chi connectivity index (χ4n) is 1.37. The van der Waals surface area contributed by atoms with Crippen LogP contribution in [0, 0.1) is 24.0 Å². The molecule has 0 heterocycles. The first-order valence-electron chi connectivity index (χ1n) is 4.98. The number of phenols is 1. The van der Waals surface area contributed by atoms with Gasteiger partial charge in [-0.05, 0) is 31.0 Å². The molecule has 0 amide bonds. The van der Waals surface area contributed by atoms with Crippen LogP contribution in [0.3, 0.4) is 0 Å². The second-order valence-corrected chi connectivity index (χ2v) is 3.61. The quantitative estimate of drug-likeness (QED) is 0.311. The first-order valence-corrected chi connectivity index (χ1v) is 4.98. The van der Waals surface area contributed by atoms with Gasteiger partial charge in [-0.2, -0.15) is 5.10 Å². The van der Waals surface area contributed by atoms with Crippen molar-refractivity contribution in [2.24, 2.45) is 15.9 Å². The van der Waals surface area contributed by atoms with E-state index in [9.17, 15) is 15.2 Å². The number of nitrogens with one attached hydrogen (secondary N) is 1. The number of nitro groups is 1. The number of rotatable bonds is 3. The van der Waals surface area contributed by atoms with Crippen molar-refractivity contribution in [3.8, 4) is 5.75 Å². The van der Waals surface area contributed by atoms with Crippen LogP contribution in [0.15, 0.2) is 22.3 Å². The van der Waals surface area contributed by atoms with Crippen LogP contribution < -0.4 is 11.2 Å². The Labute approximate surface area is 103 Å². The molecule has 0 spiro atoms. The highest BCUT2D eigenvalue weighted by Crippen LogP contribution is 2.21. The molecule has 0 aromatic heterocycles. The fraction of sp³-hybridized carbons (Fsp3) is 0.200. The molecule has 0 atom stereocenters. The van der Waals surface area contributed by atoms with Crippen LogP contribution >= 0.6 is 0 Å². The van der Waals surface area contributed by atoms with Gasteiger partial charge < -0.3 is 10.8 Å². The molecule has 0 aliphatic rings. The summed E-state index contributed by atoms with van der Waals surface area (Å²) in [6.45, 7) is 3.63. The Kier molecular flexibility index (Phi) is 4.19. The average molecular weight is 251 g/mol. The third kappa shape index (κ3) is 3.74. The van der Waals surface area contributed by atoms with E-state index in [1.165, 1.54) is 6.21 Å². The summed E-state index contributed by atoms with van der Waals surface area (Å²) in [6, 6.07) is 3.54. The predicted molar refractivity (Wildman–Crippen MR) is 66.9 cm³/mol. The Morgan fingerprint density at radius 3 is 2.83 bits per heavy atom. The number of aryl methyl sites for hydroxylation is 2. The third-order valence-electron chi connectivity index (χ3n) is 2.05. The van der Waals surface area contributed by atoms with E-state index < -0.39 is 11.0 Å². The van der Waals surface area contributed by atoms with Gasteiger partial charge in [-0.15, -0.1) is 0 Å². The van der Waals surface area contributed by atoms with Crippen molar-refractivity contribution in [3.63, 3.8) is 0 Å². The van der Waals surface area contributed by atoms with Crippen molar-refractivity contribution >= 4 is 12.2 Å². The second-order valence-electron chi connectivity index (χ2n) is 3.61. The zero-order valence-corrected chi connectivity index (χ0v) is 9.91. The summed E-state index contributed by atoms with van der Waals surface area (Å²) in [7, 11) is 0. The summed E-state index contributed by atoms with van der Waals surface area (Å²) in [6.07, 6.45) is 1.30. The van der Waals surface area contributed by atoms with Gasteiger partial charge in [-0.25, -0.2) is 15.5 Å². The minimum absolute atomic E-state index is 0.0935. The normalized spacial score (nSPS) is 11.8. The van der Waals surface area contributed by atoms with Gasteiger partial charge in [0.2, 0.25) is 0 Å². The minimum Gasteiger partial charge on any atom is -0.507 e. The van der Waals surface area contributed by atoms with E-state index in [4.69, 9.17) is 5.73 Å². The molecular weight excluding hydrogens is 238 g/mol. The standard InChI is InChI=1S/C10H13N5O3/c1-6-3-7(2)9(16)8(4-6)5-12-13-10(11)14-15(17)18/h3-5,16H,1-2H3,(H3,11,13,14)/b12-5+. The second kappa shape index (κ2) is 5.62. The number of hydrogen-bond donors (Lipinski definition) is 3. The molecule has 1 aromatic rings. The van der Waals surface area contributed by atoms with Gasteiger partial charge in [-0.3, -0.25) is 0 Å². The van der Waals surface area contributed by atoms with E-state index in [1.54, 1.807) is 13.0 Å². The van der Waals surface area contributed by atoms with E-state index in [0.29, 0.717) is 11.1 Å². The number of benzene rings is 1. The molecule has 0 bridgehead atoms. The molecule has 0 saturated heterocycles. The van der Waals surface area contributed by atoms with Crippen LogP contribution in [-0.4, -0.2) is 22.3 Å². The third-order valence-corrected chi connectivity index (χ3v) is 2.05. The molecule has 8 nitrogen and oxygen atoms in total. The van der Waals surface area contributed by atoms with E-state index in [1.807, 2.05) is 13.0 Å². The van der Waals surface area contributed by atoms with Crippen molar-refractivity contribution < 1.29 is 10.1 Å². The van der Waals surface area contributed by atoms with Gasteiger partial charge in [0.05, 0.1) is 6.21 Å². The Morgan fingerprint density at radius 1 is 1.56 bits per heavy atom. The summed E-state index contributed by atoms with van der Waals surface area (Å²) in [5, 5.41) is 25.2. The maximum atomic E-state index is 9.99. The fourth-order valence-corrected chi connectivity index (χ4v) is 1.37. The Balaban J connectivity index is 2.83. The maximum absolute atomic E-state index is 9.99. The molecule has 0 aliphatic heterocycles. The Morgan fingerprint density at radius 2 is 2.22 bits per heavy atom.